The second kappa shape index (κ2) is 8.45. The van der Waals surface area contributed by atoms with Crippen molar-refractivity contribution in [3.63, 3.8) is 0 Å². The molecule has 0 atom stereocenters. The maximum Gasteiger partial charge on any atom is 0.220 e. The third kappa shape index (κ3) is 4.30. The maximum atomic E-state index is 13.7. The van der Waals surface area contributed by atoms with Gasteiger partial charge in [0, 0.05) is 35.3 Å². The van der Waals surface area contributed by atoms with E-state index in [4.69, 9.17) is 16.6 Å². The van der Waals surface area contributed by atoms with Gasteiger partial charge in [0.1, 0.15) is 11.5 Å². The number of pyridine rings is 1. The van der Waals surface area contributed by atoms with Crippen LogP contribution in [0.15, 0.2) is 72.9 Å². The Kier molecular flexibility index (Phi) is 5.58. The summed E-state index contributed by atoms with van der Waals surface area (Å²) in [7, 11) is 0. The van der Waals surface area contributed by atoms with Crippen LogP contribution in [0.25, 0.3) is 16.9 Å². The van der Waals surface area contributed by atoms with E-state index in [2.05, 4.69) is 5.32 Å². The van der Waals surface area contributed by atoms with Crippen LogP contribution in [0.1, 0.15) is 17.7 Å². The molecule has 6 heteroatoms. The van der Waals surface area contributed by atoms with Gasteiger partial charge in [-0.3, -0.25) is 4.79 Å². The quantitative estimate of drug-likeness (QED) is 0.486. The first-order valence-electron chi connectivity index (χ1n) is 9.34. The smallest absolute Gasteiger partial charge is 0.220 e. The van der Waals surface area contributed by atoms with Gasteiger partial charge in [0.25, 0.3) is 0 Å². The molecule has 4 aromatic rings. The summed E-state index contributed by atoms with van der Waals surface area (Å²) in [5.41, 5.74) is 4.01. The number of hydrogen-bond acceptors (Lipinski definition) is 2. The van der Waals surface area contributed by atoms with Crippen molar-refractivity contribution in [2.75, 3.05) is 0 Å². The van der Waals surface area contributed by atoms with Crippen molar-refractivity contribution in [3.05, 3.63) is 95.0 Å². The minimum atomic E-state index is -0.320. The molecule has 0 saturated carbocycles. The average molecular weight is 408 g/mol. The number of nitrogens with zero attached hydrogens (tertiary/aromatic N) is 2. The number of imidazole rings is 1. The molecule has 2 aromatic heterocycles. The second-order valence-corrected chi connectivity index (χ2v) is 7.15. The van der Waals surface area contributed by atoms with Crippen molar-refractivity contribution in [1.82, 2.24) is 14.7 Å². The zero-order valence-corrected chi connectivity index (χ0v) is 16.4. The molecule has 0 bridgehead atoms. The van der Waals surface area contributed by atoms with Crippen molar-refractivity contribution in [3.8, 4) is 11.3 Å². The second-order valence-electron chi connectivity index (χ2n) is 6.71. The van der Waals surface area contributed by atoms with E-state index < -0.39 is 0 Å². The Bertz CT molecular complexity index is 1150. The number of aryl methyl sites for hydroxylation is 1. The molecular weight excluding hydrogens is 389 g/mol. The van der Waals surface area contributed by atoms with Gasteiger partial charge in [-0.25, -0.2) is 9.37 Å². The lowest BCUT2D eigenvalue weighted by atomic mass is 10.1. The van der Waals surface area contributed by atoms with Gasteiger partial charge in [0.05, 0.1) is 11.4 Å². The van der Waals surface area contributed by atoms with E-state index in [-0.39, 0.29) is 24.7 Å². The van der Waals surface area contributed by atoms with Gasteiger partial charge in [0.15, 0.2) is 0 Å². The summed E-state index contributed by atoms with van der Waals surface area (Å²) in [6.45, 7) is 0.169. The predicted octanol–water partition coefficient (Wildman–Crippen LogP) is 5.04. The summed E-state index contributed by atoms with van der Waals surface area (Å²) in [5.74, 6) is -0.458. The number of benzene rings is 2. The number of carbonyl (C=O) groups is 1. The highest BCUT2D eigenvalue weighted by atomic mass is 35.5. The highest BCUT2D eigenvalue weighted by Gasteiger charge is 2.15. The Morgan fingerprint density at radius 3 is 2.59 bits per heavy atom. The predicted molar refractivity (Wildman–Crippen MR) is 112 cm³/mol. The summed E-state index contributed by atoms with van der Waals surface area (Å²) in [6, 6.07) is 19.7. The molecule has 0 aliphatic rings. The largest absolute Gasteiger partial charge is 0.352 e. The van der Waals surface area contributed by atoms with Gasteiger partial charge >= 0.3 is 0 Å². The van der Waals surface area contributed by atoms with Crippen LogP contribution in [0.4, 0.5) is 4.39 Å². The molecule has 1 N–H and O–H groups in total. The lowest BCUT2D eigenvalue weighted by molar-refractivity contribution is -0.121. The highest BCUT2D eigenvalue weighted by Crippen LogP contribution is 2.26. The zero-order chi connectivity index (χ0) is 20.2. The van der Waals surface area contributed by atoms with Crippen LogP contribution in [0.3, 0.4) is 0 Å². The van der Waals surface area contributed by atoms with Crippen LogP contribution in [-0.4, -0.2) is 15.3 Å². The van der Waals surface area contributed by atoms with E-state index in [0.717, 1.165) is 22.6 Å². The van der Waals surface area contributed by atoms with E-state index in [1.54, 1.807) is 18.2 Å². The SMILES string of the molecule is O=C(CCc1c(-c2ccc(Cl)cc2)nc2ccccn12)NCc1ccccc1F. The lowest BCUT2D eigenvalue weighted by Gasteiger charge is -2.08. The fourth-order valence-corrected chi connectivity index (χ4v) is 3.41. The third-order valence-corrected chi connectivity index (χ3v) is 5.02. The van der Waals surface area contributed by atoms with Crippen LogP contribution < -0.4 is 5.32 Å². The molecule has 1 amide bonds. The first-order chi connectivity index (χ1) is 14.1. The van der Waals surface area contributed by atoms with Crippen molar-refractivity contribution in [2.45, 2.75) is 19.4 Å². The monoisotopic (exact) mass is 407 g/mol. The molecular formula is C23H19ClFN3O. The molecule has 0 spiro atoms. The van der Waals surface area contributed by atoms with Gasteiger partial charge in [-0.2, -0.15) is 0 Å². The Morgan fingerprint density at radius 1 is 1.03 bits per heavy atom. The minimum Gasteiger partial charge on any atom is -0.352 e. The molecule has 0 radical (unpaired) electrons. The van der Waals surface area contributed by atoms with Crippen molar-refractivity contribution in [2.24, 2.45) is 0 Å². The number of amides is 1. The molecule has 146 valence electrons. The number of carbonyl (C=O) groups excluding carboxylic acids is 1. The van der Waals surface area contributed by atoms with E-state index in [1.165, 1.54) is 6.07 Å². The number of rotatable bonds is 6. The van der Waals surface area contributed by atoms with E-state index >= 15 is 0 Å². The zero-order valence-electron chi connectivity index (χ0n) is 15.6. The Hall–Kier alpha value is -3.18. The van der Waals surface area contributed by atoms with Gasteiger partial charge in [-0.05, 0) is 36.8 Å². The van der Waals surface area contributed by atoms with E-state index in [0.29, 0.717) is 17.0 Å². The fraction of sp³-hybridized carbons (Fsp3) is 0.130. The van der Waals surface area contributed by atoms with Gasteiger partial charge in [0.2, 0.25) is 5.91 Å². The van der Waals surface area contributed by atoms with Crippen LogP contribution in [0.5, 0.6) is 0 Å². The molecule has 4 rings (SSSR count). The number of hydrogen-bond donors (Lipinski definition) is 1. The first-order valence-corrected chi connectivity index (χ1v) is 9.71. The Balaban J connectivity index is 1.52. The Morgan fingerprint density at radius 2 is 1.79 bits per heavy atom. The van der Waals surface area contributed by atoms with Crippen molar-refractivity contribution < 1.29 is 9.18 Å². The standard InChI is InChI=1S/C23H19ClFN3O/c24-18-10-8-16(9-11-18)23-20(28-14-4-3-7-21(28)27-23)12-13-22(29)26-15-17-5-1-2-6-19(17)25/h1-11,14H,12-13,15H2,(H,26,29). The Labute approximate surface area is 173 Å². The van der Waals surface area contributed by atoms with Gasteiger partial charge in [-0.1, -0.05) is 48.0 Å². The van der Waals surface area contributed by atoms with Crippen LogP contribution in [-0.2, 0) is 17.8 Å². The van der Waals surface area contributed by atoms with Crippen LogP contribution >= 0.6 is 11.6 Å². The summed E-state index contributed by atoms with van der Waals surface area (Å²) < 4.78 is 15.7. The fourth-order valence-electron chi connectivity index (χ4n) is 3.28. The molecule has 0 saturated heterocycles. The molecule has 4 nitrogen and oxygen atoms in total. The number of nitrogens with one attached hydrogen (secondary N) is 1. The molecule has 29 heavy (non-hydrogen) atoms. The number of aromatic nitrogens is 2. The number of fused-ring (bicyclic) bond motifs is 1. The minimum absolute atomic E-state index is 0.138. The number of halogens is 2. The van der Waals surface area contributed by atoms with Crippen LogP contribution in [0, 0.1) is 5.82 Å². The molecule has 0 aliphatic carbocycles. The molecule has 0 aliphatic heterocycles. The van der Waals surface area contributed by atoms with Crippen molar-refractivity contribution in [1.29, 1.82) is 0 Å². The van der Waals surface area contributed by atoms with Crippen LogP contribution in [0.2, 0.25) is 5.02 Å². The summed E-state index contributed by atoms with van der Waals surface area (Å²) in [5, 5.41) is 3.45. The van der Waals surface area contributed by atoms with Gasteiger partial charge in [-0.15, -0.1) is 0 Å². The first kappa shape index (κ1) is 19.2. The molecule has 0 fully saturated rings. The van der Waals surface area contributed by atoms with Gasteiger partial charge < -0.3 is 9.72 Å². The topological polar surface area (TPSA) is 46.4 Å². The third-order valence-electron chi connectivity index (χ3n) is 4.77. The van der Waals surface area contributed by atoms with E-state index in [9.17, 15) is 9.18 Å². The van der Waals surface area contributed by atoms with Crippen molar-refractivity contribution >= 4 is 23.2 Å². The summed E-state index contributed by atoms with van der Waals surface area (Å²) >= 11 is 6.01. The molecule has 2 aromatic carbocycles. The summed E-state index contributed by atoms with van der Waals surface area (Å²) in [4.78, 5) is 17.1. The maximum absolute atomic E-state index is 13.7. The van der Waals surface area contributed by atoms with E-state index in [1.807, 2.05) is 53.1 Å². The average Bonchev–Trinajstić information content (AvgIpc) is 3.11. The highest BCUT2D eigenvalue weighted by molar-refractivity contribution is 6.30. The summed E-state index contributed by atoms with van der Waals surface area (Å²) in [6.07, 6.45) is 2.72. The normalized spacial score (nSPS) is 11.0. The molecule has 2 heterocycles. The molecule has 0 unspecified atom stereocenters. The lowest BCUT2D eigenvalue weighted by Crippen LogP contribution is -2.23.